The maximum absolute atomic E-state index is 3.98. The first kappa shape index (κ1) is 29.9. The molecule has 0 radical (unpaired) electrons. The Kier molecular flexibility index (Phi) is 7.42. The second-order valence-corrected chi connectivity index (χ2v) is 18.3. The van der Waals surface area contributed by atoms with E-state index in [1.807, 2.05) is 0 Å². The largest absolute Gasteiger partial charge is 0.307 e. The van der Waals surface area contributed by atoms with Crippen molar-refractivity contribution < 1.29 is 0 Å². The van der Waals surface area contributed by atoms with Crippen molar-refractivity contribution in [3.63, 3.8) is 0 Å². The Morgan fingerprint density at radius 3 is 1.03 bits per heavy atom. The van der Waals surface area contributed by atoms with Crippen LogP contribution in [-0.4, -0.2) is 57.1 Å². The first-order valence-electron chi connectivity index (χ1n) is 15.8. The fourth-order valence-electron chi connectivity index (χ4n) is 10.9. The maximum Gasteiger partial charge on any atom is 0.0158 e. The molecule has 1 aliphatic carbocycles. The molecule has 4 rings (SSSR count). The molecule has 3 heteroatoms. The van der Waals surface area contributed by atoms with Gasteiger partial charge in [0.05, 0.1) is 0 Å². The van der Waals surface area contributed by atoms with E-state index in [0.717, 1.165) is 35.5 Å². The van der Waals surface area contributed by atoms with Crippen molar-refractivity contribution in [1.29, 1.82) is 0 Å². The minimum atomic E-state index is 0.245. The van der Waals surface area contributed by atoms with Crippen LogP contribution in [0.1, 0.15) is 134 Å². The van der Waals surface area contributed by atoms with Crippen LogP contribution < -0.4 is 5.32 Å². The van der Waals surface area contributed by atoms with Crippen molar-refractivity contribution in [3.8, 4) is 0 Å². The average molecular weight is 516 g/mol. The van der Waals surface area contributed by atoms with Crippen LogP contribution in [0.5, 0.6) is 0 Å². The van der Waals surface area contributed by atoms with Crippen LogP contribution in [0, 0.1) is 35.5 Å². The highest BCUT2D eigenvalue weighted by Gasteiger charge is 2.55. The van der Waals surface area contributed by atoms with E-state index in [-0.39, 0.29) is 33.2 Å². The van der Waals surface area contributed by atoms with Crippen molar-refractivity contribution in [2.45, 2.75) is 168 Å². The Balaban J connectivity index is 1.67. The van der Waals surface area contributed by atoms with Gasteiger partial charge in [0.1, 0.15) is 0 Å². The second kappa shape index (κ2) is 9.20. The third-order valence-electron chi connectivity index (χ3n) is 12.5. The number of nitrogens with zero attached hydrogens (tertiary/aromatic N) is 2. The van der Waals surface area contributed by atoms with Gasteiger partial charge in [-0.05, 0) is 184 Å². The van der Waals surface area contributed by atoms with E-state index in [0.29, 0.717) is 0 Å². The van der Waals surface area contributed by atoms with Gasteiger partial charge >= 0.3 is 0 Å². The van der Waals surface area contributed by atoms with E-state index in [2.05, 4.69) is 112 Å². The molecule has 4 fully saturated rings. The lowest BCUT2D eigenvalue weighted by molar-refractivity contribution is -0.0729. The zero-order chi connectivity index (χ0) is 28.0. The molecule has 2 atom stereocenters. The van der Waals surface area contributed by atoms with E-state index in [9.17, 15) is 0 Å². The Morgan fingerprint density at radius 1 is 0.432 bits per heavy atom. The monoisotopic (exact) mass is 516 g/mol. The fourth-order valence-corrected chi connectivity index (χ4v) is 10.9. The molecule has 3 saturated heterocycles. The number of rotatable bonds is 3. The SMILES string of the molecule is CN1C(C)(C)CC(C2CC(C3CC(C)(C)NC(C)(C)C3)CC2C2CC(C)(C)N(C)C(C)(C)C2)CC1(C)C. The summed E-state index contributed by atoms with van der Waals surface area (Å²) in [4.78, 5) is 5.38. The van der Waals surface area contributed by atoms with Gasteiger partial charge in [0.15, 0.2) is 0 Å². The van der Waals surface area contributed by atoms with Gasteiger partial charge in [-0.1, -0.05) is 0 Å². The predicted octanol–water partition coefficient (Wildman–Crippen LogP) is 7.98. The molecule has 0 aromatic rings. The summed E-state index contributed by atoms with van der Waals surface area (Å²) >= 11 is 0. The highest BCUT2D eigenvalue weighted by Crippen LogP contribution is 2.58. The maximum atomic E-state index is 3.98. The molecular weight excluding hydrogens is 450 g/mol. The lowest BCUT2D eigenvalue weighted by atomic mass is 9.62. The van der Waals surface area contributed by atoms with Crippen LogP contribution in [0.15, 0.2) is 0 Å². The van der Waals surface area contributed by atoms with E-state index < -0.39 is 0 Å². The van der Waals surface area contributed by atoms with E-state index in [4.69, 9.17) is 0 Å². The summed E-state index contributed by atoms with van der Waals surface area (Å²) < 4.78 is 0. The summed E-state index contributed by atoms with van der Waals surface area (Å²) in [6, 6.07) is 0. The van der Waals surface area contributed by atoms with Crippen LogP contribution >= 0.6 is 0 Å². The fraction of sp³-hybridized carbons (Fsp3) is 1.00. The van der Waals surface area contributed by atoms with E-state index in [1.165, 1.54) is 51.4 Å². The Bertz CT molecular complexity index is 732. The van der Waals surface area contributed by atoms with Crippen molar-refractivity contribution >= 4 is 0 Å². The molecule has 3 heterocycles. The smallest absolute Gasteiger partial charge is 0.0158 e. The molecule has 1 N–H and O–H groups in total. The van der Waals surface area contributed by atoms with Crippen LogP contribution in [0.2, 0.25) is 0 Å². The average Bonchev–Trinajstić information content (AvgIpc) is 3.13. The van der Waals surface area contributed by atoms with Gasteiger partial charge in [0, 0.05) is 33.2 Å². The Morgan fingerprint density at radius 2 is 0.730 bits per heavy atom. The van der Waals surface area contributed by atoms with Crippen molar-refractivity contribution in [3.05, 3.63) is 0 Å². The van der Waals surface area contributed by atoms with Crippen molar-refractivity contribution in [2.24, 2.45) is 35.5 Å². The van der Waals surface area contributed by atoms with Crippen LogP contribution in [-0.2, 0) is 0 Å². The predicted molar refractivity (Wildman–Crippen MR) is 161 cm³/mol. The summed E-state index contributed by atoms with van der Waals surface area (Å²) in [7, 11) is 4.76. The van der Waals surface area contributed by atoms with Crippen molar-refractivity contribution in [1.82, 2.24) is 15.1 Å². The Labute approximate surface area is 232 Å². The summed E-state index contributed by atoms with van der Waals surface area (Å²) in [5.41, 5.74) is 1.60. The minimum absolute atomic E-state index is 0.245. The second-order valence-electron chi connectivity index (χ2n) is 18.3. The van der Waals surface area contributed by atoms with Crippen LogP contribution in [0.4, 0.5) is 0 Å². The summed E-state index contributed by atoms with van der Waals surface area (Å²) in [5.74, 6) is 5.23. The highest BCUT2D eigenvalue weighted by molar-refractivity contribution is 5.08. The third kappa shape index (κ3) is 5.85. The molecule has 1 saturated carbocycles. The van der Waals surface area contributed by atoms with Gasteiger partial charge in [-0.2, -0.15) is 0 Å². The molecule has 0 aromatic carbocycles. The molecule has 0 amide bonds. The van der Waals surface area contributed by atoms with Gasteiger partial charge in [0.25, 0.3) is 0 Å². The summed E-state index contributed by atoms with van der Waals surface area (Å²) in [5, 5.41) is 3.98. The molecular formula is C34H65N3. The summed E-state index contributed by atoms with van der Waals surface area (Å²) in [6.45, 7) is 29.9. The number of hydrogen-bond acceptors (Lipinski definition) is 3. The molecule has 0 spiro atoms. The number of hydrogen-bond donors (Lipinski definition) is 1. The number of nitrogens with one attached hydrogen (secondary N) is 1. The lowest BCUT2D eigenvalue weighted by Gasteiger charge is -2.57. The highest BCUT2D eigenvalue weighted by atomic mass is 15.2. The zero-order valence-electron chi connectivity index (χ0n) is 27.5. The topological polar surface area (TPSA) is 18.5 Å². The standard InChI is InChI=1S/C34H65N3/c1-29(2)17-24(18-30(3,4)35-29)23-15-27(25-19-31(5,6)36(13)32(7,8)20-25)28(16-23)26-21-33(9,10)37(14)34(11,12)22-26/h23-28,35H,15-22H2,1-14H3. The van der Waals surface area contributed by atoms with Gasteiger partial charge in [-0.3, -0.25) is 9.80 Å². The van der Waals surface area contributed by atoms with Gasteiger partial charge in [-0.15, -0.1) is 0 Å². The first-order valence-corrected chi connectivity index (χ1v) is 15.8. The lowest BCUT2D eigenvalue weighted by Crippen LogP contribution is -2.61. The molecule has 216 valence electrons. The van der Waals surface area contributed by atoms with Crippen molar-refractivity contribution in [2.75, 3.05) is 14.1 Å². The van der Waals surface area contributed by atoms with Gasteiger partial charge < -0.3 is 5.32 Å². The van der Waals surface area contributed by atoms with E-state index >= 15 is 0 Å². The molecule has 37 heavy (non-hydrogen) atoms. The molecule has 0 bridgehead atoms. The molecule has 3 aliphatic heterocycles. The number of likely N-dealkylation sites (tertiary alicyclic amines) is 2. The summed E-state index contributed by atoms with van der Waals surface area (Å²) in [6.07, 6.45) is 11.1. The molecule has 3 nitrogen and oxygen atoms in total. The van der Waals surface area contributed by atoms with Crippen LogP contribution in [0.3, 0.4) is 0 Å². The third-order valence-corrected chi connectivity index (χ3v) is 12.5. The molecule has 2 unspecified atom stereocenters. The quantitative estimate of drug-likeness (QED) is 0.411. The van der Waals surface area contributed by atoms with Crippen LogP contribution in [0.25, 0.3) is 0 Å². The molecule has 0 aromatic heterocycles. The normalized spacial score (nSPS) is 38.6. The van der Waals surface area contributed by atoms with Gasteiger partial charge in [0.2, 0.25) is 0 Å². The zero-order valence-corrected chi connectivity index (χ0v) is 27.5. The van der Waals surface area contributed by atoms with Gasteiger partial charge in [-0.25, -0.2) is 0 Å². The number of piperidine rings is 3. The molecule has 4 aliphatic rings. The minimum Gasteiger partial charge on any atom is -0.307 e. The van der Waals surface area contributed by atoms with E-state index in [1.54, 1.807) is 0 Å². The Hall–Kier alpha value is -0.120. The first-order chi connectivity index (χ1) is 16.6.